The van der Waals surface area contributed by atoms with Crippen LogP contribution in [0, 0.1) is 12.8 Å². The lowest BCUT2D eigenvalue weighted by Crippen LogP contribution is -2.34. The molecule has 4 rings (SSSR count). The van der Waals surface area contributed by atoms with Gasteiger partial charge in [0.2, 0.25) is 0 Å². The lowest BCUT2D eigenvalue weighted by atomic mass is 9.92. The normalized spacial score (nSPS) is 14.0. The van der Waals surface area contributed by atoms with Gasteiger partial charge >= 0.3 is 5.97 Å². The highest BCUT2D eigenvalue weighted by Gasteiger charge is 2.23. The number of carboxylic acid groups (broad SMARTS) is 1. The third kappa shape index (κ3) is 6.32. The van der Waals surface area contributed by atoms with Crippen LogP contribution in [0.3, 0.4) is 0 Å². The Bertz CT molecular complexity index is 1180. The van der Waals surface area contributed by atoms with Crippen molar-refractivity contribution in [2.24, 2.45) is 5.92 Å². The van der Waals surface area contributed by atoms with E-state index in [4.69, 9.17) is 5.11 Å². The number of pyridine rings is 1. The summed E-state index contributed by atoms with van der Waals surface area (Å²) in [5.74, 6) is -1.37. The first kappa shape index (κ1) is 24.1. The molecule has 0 unspecified atom stereocenters. The van der Waals surface area contributed by atoms with Crippen LogP contribution >= 0.6 is 0 Å². The molecule has 1 aliphatic rings. The second kappa shape index (κ2) is 10.9. The molecule has 1 aromatic carbocycles. The zero-order valence-corrected chi connectivity index (χ0v) is 19.6. The number of carbonyl (C=O) groups excluding carboxylic acids is 1. The van der Waals surface area contributed by atoms with Crippen LogP contribution in [-0.4, -0.2) is 56.7 Å². The maximum absolute atomic E-state index is 12.3. The smallest absolute Gasteiger partial charge is 0.322 e. The number of hydrogen-bond acceptors (Lipinski definition) is 7. The second-order valence-corrected chi connectivity index (χ2v) is 8.80. The van der Waals surface area contributed by atoms with E-state index in [1.54, 1.807) is 6.92 Å². The Morgan fingerprint density at radius 2 is 1.83 bits per heavy atom. The van der Waals surface area contributed by atoms with Crippen LogP contribution in [-0.2, 0) is 17.6 Å². The number of aliphatic carboxylic acids is 1. The Kier molecular flexibility index (Phi) is 7.54. The molecule has 1 saturated heterocycles. The van der Waals surface area contributed by atoms with Crippen molar-refractivity contribution in [2.45, 2.75) is 32.6 Å². The van der Waals surface area contributed by atoms with E-state index in [9.17, 15) is 14.7 Å². The van der Waals surface area contributed by atoms with Gasteiger partial charge in [-0.25, -0.2) is 9.97 Å². The maximum atomic E-state index is 12.3. The van der Waals surface area contributed by atoms with Gasteiger partial charge < -0.3 is 20.4 Å². The fourth-order valence-electron chi connectivity index (χ4n) is 4.30. The highest BCUT2D eigenvalue weighted by atomic mass is 16.4. The van der Waals surface area contributed by atoms with E-state index < -0.39 is 18.4 Å². The summed E-state index contributed by atoms with van der Waals surface area (Å²) in [4.78, 5) is 38.3. The van der Waals surface area contributed by atoms with E-state index in [2.05, 4.69) is 49.4 Å². The van der Waals surface area contributed by atoms with E-state index in [1.807, 2.05) is 24.4 Å². The number of rotatable bonds is 8. The van der Waals surface area contributed by atoms with Gasteiger partial charge in [0.15, 0.2) is 11.4 Å². The summed E-state index contributed by atoms with van der Waals surface area (Å²) in [6.45, 7) is 2.88. The molecular weight excluding hydrogens is 446 g/mol. The van der Waals surface area contributed by atoms with Crippen molar-refractivity contribution in [1.29, 1.82) is 0 Å². The van der Waals surface area contributed by atoms with Gasteiger partial charge in [-0.2, -0.15) is 0 Å². The lowest BCUT2D eigenvalue weighted by Gasteiger charge is -2.33. The molecule has 3 heterocycles. The van der Waals surface area contributed by atoms with Gasteiger partial charge in [0, 0.05) is 43.5 Å². The zero-order chi connectivity index (χ0) is 24.8. The molecule has 1 fully saturated rings. The predicted octanol–water partition coefficient (Wildman–Crippen LogP) is 2.75. The van der Waals surface area contributed by atoms with Crippen LogP contribution in [0.2, 0.25) is 0 Å². The Labute approximate surface area is 203 Å². The number of hydrogen-bond donors (Lipinski definition) is 3. The van der Waals surface area contributed by atoms with Gasteiger partial charge in [0.05, 0.1) is 5.69 Å². The van der Waals surface area contributed by atoms with Crippen molar-refractivity contribution in [3.63, 3.8) is 0 Å². The summed E-state index contributed by atoms with van der Waals surface area (Å²) in [5.41, 5.74) is 3.60. The number of anilines is 1. The number of carboxylic acids is 1. The number of benzene rings is 1. The molecule has 2 aromatic heterocycles. The third-order valence-electron chi connectivity index (χ3n) is 6.22. The minimum atomic E-state index is -1.17. The third-order valence-corrected chi connectivity index (χ3v) is 6.22. The summed E-state index contributed by atoms with van der Waals surface area (Å²) >= 11 is 0. The number of aromatic nitrogens is 3. The van der Waals surface area contributed by atoms with Crippen molar-refractivity contribution in [3.05, 3.63) is 77.1 Å². The molecule has 0 spiro atoms. The number of amides is 1. The number of nitrogens with one attached hydrogen (secondary N) is 1. The second-order valence-electron chi connectivity index (χ2n) is 8.80. The number of nitrogens with zero attached hydrogens (tertiary/aromatic N) is 4. The average Bonchev–Trinajstić information content (AvgIpc) is 2.86. The molecular formula is C26H29N5O4. The number of piperidine rings is 1. The molecule has 35 heavy (non-hydrogen) atoms. The number of aryl methyl sites for hydroxylation is 1. The summed E-state index contributed by atoms with van der Waals surface area (Å²) < 4.78 is 0. The molecule has 0 atom stereocenters. The van der Waals surface area contributed by atoms with E-state index in [0.717, 1.165) is 38.0 Å². The molecule has 9 nitrogen and oxygen atoms in total. The highest BCUT2D eigenvalue weighted by molar-refractivity contribution is 5.96. The number of carbonyl (C=O) groups is 2. The van der Waals surface area contributed by atoms with Gasteiger partial charge in [-0.15, -0.1) is 0 Å². The van der Waals surface area contributed by atoms with Crippen molar-refractivity contribution >= 4 is 17.6 Å². The molecule has 3 N–H and O–H groups in total. The van der Waals surface area contributed by atoms with Gasteiger partial charge in [-0.05, 0) is 55.5 Å². The Balaban J connectivity index is 1.33. The van der Waals surface area contributed by atoms with Crippen LogP contribution in [0.1, 0.15) is 46.1 Å². The molecule has 0 aliphatic carbocycles. The minimum Gasteiger partial charge on any atom is -0.504 e. The molecule has 1 amide bonds. The van der Waals surface area contributed by atoms with Crippen molar-refractivity contribution < 1.29 is 19.8 Å². The first-order chi connectivity index (χ1) is 16.9. The Hall–Kier alpha value is -4.01. The van der Waals surface area contributed by atoms with Crippen LogP contribution < -0.4 is 10.2 Å². The lowest BCUT2D eigenvalue weighted by molar-refractivity contribution is -0.135. The maximum Gasteiger partial charge on any atom is 0.322 e. The van der Waals surface area contributed by atoms with E-state index >= 15 is 0 Å². The Morgan fingerprint density at radius 1 is 1.09 bits per heavy atom. The standard InChI is InChI=1S/C26H29N5O4/c1-17-25(34)24(26(35)28-16-23(32)33)30-22(29-17)15-19-9-12-31(13-10-19)21-7-5-18(6-8-21)14-20-4-2-3-11-27-20/h2-8,11,19,34H,9-10,12-16H2,1H3,(H,28,35)(H,32,33). The summed E-state index contributed by atoms with van der Waals surface area (Å²) in [6.07, 6.45) is 5.13. The van der Waals surface area contributed by atoms with Gasteiger partial charge in [-0.3, -0.25) is 14.6 Å². The molecule has 182 valence electrons. The molecule has 3 aromatic rings. The van der Waals surface area contributed by atoms with E-state index in [-0.39, 0.29) is 11.4 Å². The van der Waals surface area contributed by atoms with Crippen molar-refractivity contribution in [2.75, 3.05) is 24.5 Å². The minimum absolute atomic E-state index is 0.183. The first-order valence-corrected chi connectivity index (χ1v) is 11.7. The molecule has 0 saturated carbocycles. The van der Waals surface area contributed by atoms with Crippen LogP contribution in [0.15, 0.2) is 48.7 Å². The topological polar surface area (TPSA) is 129 Å². The number of aromatic hydroxyl groups is 1. The fourth-order valence-corrected chi connectivity index (χ4v) is 4.30. The van der Waals surface area contributed by atoms with E-state index in [1.165, 1.54) is 11.3 Å². The van der Waals surface area contributed by atoms with Gasteiger partial charge in [0.25, 0.3) is 5.91 Å². The Morgan fingerprint density at radius 3 is 2.49 bits per heavy atom. The summed E-state index contributed by atoms with van der Waals surface area (Å²) in [6, 6.07) is 14.6. The molecule has 9 heteroatoms. The van der Waals surface area contributed by atoms with Crippen molar-refractivity contribution in [1.82, 2.24) is 20.3 Å². The van der Waals surface area contributed by atoms with Crippen LogP contribution in [0.5, 0.6) is 5.75 Å². The average molecular weight is 476 g/mol. The van der Waals surface area contributed by atoms with Gasteiger partial charge in [-0.1, -0.05) is 18.2 Å². The summed E-state index contributed by atoms with van der Waals surface area (Å²) in [7, 11) is 0. The van der Waals surface area contributed by atoms with Crippen LogP contribution in [0.25, 0.3) is 0 Å². The van der Waals surface area contributed by atoms with E-state index in [0.29, 0.717) is 23.9 Å². The monoisotopic (exact) mass is 475 g/mol. The van der Waals surface area contributed by atoms with Gasteiger partial charge in [0.1, 0.15) is 12.4 Å². The fraction of sp³-hybridized carbons (Fsp3) is 0.346. The molecule has 0 radical (unpaired) electrons. The SMILES string of the molecule is Cc1nc(CC2CCN(c3ccc(Cc4ccccn4)cc3)CC2)nc(C(=O)NCC(=O)O)c1O. The quantitative estimate of drug-likeness (QED) is 0.454. The predicted molar refractivity (Wildman–Crippen MR) is 131 cm³/mol. The summed E-state index contributed by atoms with van der Waals surface area (Å²) in [5, 5.41) is 21.2. The van der Waals surface area contributed by atoms with Crippen LogP contribution in [0.4, 0.5) is 5.69 Å². The highest BCUT2D eigenvalue weighted by Crippen LogP contribution is 2.27. The van der Waals surface area contributed by atoms with Crippen molar-refractivity contribution in [3.8, 4) is 5.75 Å². The molecule has 1 aliphatic heterocycles. The molecule has 0 bridgehead atoms. The first-order valence-electron chi connectivity index (χ1n) is 11.7. The zero-order valence-electron chi connectivity index (χ0n) is 19.6. The largest absolute Gasteiger partial charge is 0.504 e.